The van der Waals surface area contributed by atoms with Crippen LogP contribution in [0.25, 0.3) is 0 Å². The van der Waals surface area contributed by atoms with Crippen molar-refractivity contribution < 1.29 is 79.6 Å². The predicted octanol–water partition coefficient (Wildman–Crippen LogP) is 0.112. The minimum absolute atomic E-state index is 0.124. The van der Waals surface area contributed by atoms with Crippen LogP contribution in [0.2, 0.25) is 0 Å². The highest BCUT2D eigenvalue weighted by Crippen LogP contribution is 2.38. The molecule has 3 rings (SSSR count). The number of hydrogen-bond donors (Lipinski definition) is 12. The summed E-state index contributed by atoms with van der Waals surface area (Å²) in [6, 6.07) is -1.13. The SMILES string of the molecule is C[C@@H]1[C@H](O)[C@@H](C)/C=C/C=C/C=C/C=C/C=C/C=C/C=C/[C@H](O[C@@H]2O[C@H](C)[C@@H](O)[C@H](N)[C@@H]2O)C[C@@H]2O[C@](O)(C[C@@H](O)[C@H](O)CC[C@@H](O)C[C@@H](O)C[C@@H](O)CC(=O)O[C@H]1C)C[C@H](O)[C@H]2C(N)=O. The zero-order chi connectivity index (χ0) is 48.4. The third-order valence-electron chi connectivity index (χ3n) is 12.1. The lowest BCUT2D eigenvalue weighted by Crippen LogP contribution is -2.62. The molecule has 65 heavy (non-hydrogen) atoms. The van der Waals surface area contributed by atoms with Crippen molar-refractivity contribution in [1.82, 2.24) is 0 Å². The van der Waals surface area contributed by atoms with E-state index in [-0.39, 0.29) is 38.0 Å². The molecule has 0 unspecified atom stereocenters. The molecule has 2 saturated heterocycles. The topological polar surface area (TPSA) is 325 Å². The van der Waals surface area contributed by atoms with E-state index < -0.39 is 140 Å². The molecule has 2 bridgehead atoms. The summed E-state index contributed by atoms with van der Waals surface area (Å²) in [5.41, 5.74) is 11.7. The number of nitrogens with two attached hydrogens (primary N) is 2. The standard InChI is InChI=1S/C47H74N2O16/c1-27-17-15-13-11-9-7-5-6-8-10-12-14-16-18-34(64-46-44(59)41(48)43(58)30(4)63-46)24-38-40(45(49)60)37(55)26-47(61,65-38)25-36(54)35(53)20-19-31(50)21-32(51)22-33(52)23-39(56)62-29(3)28(2)42(27)57/h5-18,27-38,40-44,46,50-55,57-59,61H,19-26,48H2,1-4H3,(H2,49,60)/b6-5+,9-7+,10-8+,13-11+,14-12+,17-15+,18-16+/t27-,28-,29-,30+,31+,32+,33+,34-,35+,36+,37-,38-,40+,41-,42+,43+,44-,46-,47+/m0/s1. The predicted molar refractivity (Wildman–Crippen MR) is 239 cm³/mol. The molecule has 14 N–H and O–H groups in total. The molecule has 3 heterocycles. The first-order valence-corrected chi connectivity index (χ1v) is 22.4. The molecule has 18 heteroatoms. The Hall–Kier alpha value is -3.44. The fourth-order valence-electron chi connectivity index (χ4n) is 8.00. The van der Waals surface area contributed by atoms with Gasteiger partial charge in [-0.3, -0.25) is 9.59 Å². The average Bonchev–Trinajstić information content (AvgIpc) is 3.21. The molecule has 0 radical (unpaired) electrons. The summed E-state index contributed by atoms with van der Waals surface area (Å²) in [6.07, 6.45) is 4.46. The van der Waals surface area contributed by atoms with Crippen LogP contribution in [0.1, 0.15) is 79.1 Å². The molecule has 3 aliphatic heterocycles. The van der Waals surface area contributed by atoms with Gasteiger partial charge < -0.3 is 81.5 Å². The molecule has 0 spiro atoms. The normalized spacial score (nSPS) is 45.5. The largest absolute Gasteiger partial charge is 0.462 e. The highest BCUT2D eigenvalue weighted by molar-refractivity contribution is 5.78. The molecule has 0 aliphatic carbocycles. The number of rotatable bonds is 3. The molecule has 0 aromatic carbocycles. The zero-order valence-electron chi connectivity index (χ0n) is 37.7. The van der Waals surface area contributed by atoms with Gasteiger partial charge in [0.05, 0.1) is 85.5 Å². The van der Waals surface area contributed by atoms with E-state index in [1.165, 1.54) is 0 Å². The first-order valence-electron chi connectivity index (χ1n) is 22.4. The van der Waals surface area contributed by atoms with Crippen LogP contribution in [0.5, 0.6) is 0 Å². The first-order chi connectivity index (χ1) is 30.6. The second kappa shape index (κ2) is 27.4. The molecule has 368 valence electrons. The second-order valence-electron chi connectivity index (χ2n) is 17.6. The smallest absolute Gasteiger partial charge is 0.308 e. The summed E-state index contributed by atoms with van der Waals surface area (Å²) in [5, 5.41) is 108. The van der Waals surface area contributed by atoms with E-state index in [4.69, 9.17) is 30.4 Å². The summed E-state index contributed by atoms with van der Waals surface area (Å²) in [5.74, 6) is -6.09. The minimum Gasteiger partial charge on any atom is -0.462 e. The van der Waals surface area contributed by atoms with Crippen molar-refractivity contribution in [1.29, 1.82) is 0 Å². The van der Waals surface area contributed by atoms with Crippen LogP contribution in [0, 0.1) is 17.8 Å². The molecule has 0 aromatic rings. The van der Waals surface area contributed by atoms with Crippen LogP contribution >= 0.6 is 0 Å². The summed E-state index contributed by atoms with van der Waals surface area (Å²) in [4.78, 5) is 25.3. The van der Waals surface area contributed by atoms with Gasteiger partial charge in [0, 0.05) is 31.1 Å². The number of amides is 1. The number of primary amides is 1. The van der Waals surface area contributed by atoms with Crippen LogP contribution in [0.3, 0.4) is 0 Å². The number of aliphatic hydroxyl groups excluding tert-OH is 9. The maximum Gasteiger partial charge on any atom is 0.308 e. The third-order valence-corrected chi connectivity index (χ3v) is 12.1. The number of esters is 1. The van der Waals surface area contributed by atoms with E-state index >= 15 is 0 Å². The molecule has 0 saturated carbocycles. The van der Waals surface area contributed by atoms with E-state index in [9.17, 15) is 60.7 Å². The van der Waals surface area contributed by atoms with E-state index in [1.807, 2.05) is 37.3 Å². The Balaban J connectivity index is 1.86. The summed E-state index contributed by atoms with van der Waals surface area (Å²) in [7, 11) is 0. The van der Waals surface area contributed by atoms with Crippen LogP contribution in [-0.2, 0) is 28.5 Å². The maximum absolute atomic E-state index is 12.7. The lowest BCUT2D eigenvalue weighted by molar-refractivity contribution is -0.308. The van der Waals surface area contributed by atoms with Crippen molar-refractivity contribution in [3.05, 3.63) is 85.1 Å². The number of allylic oxidation sites excluding steroid dienone is 12. The fourth-order valence-corrected chi connectivity index (χ4v) is 8.00. The second-order valence-corrected chi connectivity index (χ2v) is 17.6. The number of ether oxygens (including phenoxy) is 4. The van der Waals surface area contributed by atoms with Crippen molar-refractivity contribution >= 4 is 11.9 Å². The van der Waals surface area contributed by atoms with Crippen molar-refractivity contribution in [2.75, 3.05) is 0 Å². The van der Waals surface area contributed by atoms with Crippen LogP contribution in [0.15, 0.2) is 85.1 Å². The number of hydrogen-bond acceptors (Lipinski definition) is 17. The Kier molecular flexibility index (Phi) is 23.6. The molecular formula is C47H74N2O16. The Morgan fingerprint density at radius 1 is 0.662 bits per heavy atom. The van der Waals surface area contributed by atoms with E-state index in [2.05, 4.69) is 0 Å². The van der Waals surface area contributed by atoms with Crippen LogP contribution < -0.4 is 11.5 Å². The molecule has 2 fully saturated rings. The van der Waals surface area contributed by atoms with E-state index in [1.54, 1.807) is 75.5 Å². The zero-order valence-corrected chi connectivity index (χ0v) is 37.7. The molecule has 3 aliphatic rings. The van der Waals surface area contributed by atoms with Gasteiger partial charge in [-0.25, -0.2) is 0 Å². The molecule has 1 amide bonds. The molecule has 19 atom stereocenters. The van der Waals surface area contributed by atoms with Crippen molar-refractivity contribution in [2.45, 2.75) is 177 Å². The first kappa shape index (κ1) is 55.9. The lowest BCUT2D eigenvalue weighted by Gasteiger charge is -2.45. The average molecular weight is 923 g/mol. The van der Waals surface area contributed by atoms with Gasteiger partial charge in [0.2, 0.25) is 5.91 Å². The van der Waals surface area contributed by atoms with E-state index in [0.717, 1.165) is 0 Å². The highest BCUT2D eigenvalue weighted by Gasteiger charge is 2.50. The van der Waals surface area contributed by atoms with Crippen molar-refractivity contribution in [3.8, 4) is 0 Å². The fraction of sp³-hybridized carbons (Fsp3) is 0.660. The molecular weight excluding hydrogens is 849 g/mol. The van der Waals surface area contributed by atoms with Gasteiger partial charge in [0.1, 0.15) is 12.2 Å². The Bertz CT molecular complexity index is 1670. The van der Waals surface area contributed by atoms with Crippen LogP contribution in [-0.4, -0.2) is 160 Å². The van der Waals surface area contributed by atoms with Crippen molar-refractivity contribution in [2.24, 2.45) is 29.2 Å². The highest BCUT2D eigenvalue weighted by atomic mass is 16.7. The minimum atomic E-state index is -2.30. The quantitative estimate of drug-likeness (QED) is 0.167. The number of cyclic esters (lactones) is 1. The summed E-state index contributed by atoms with van der Waals surface area (Å²) in [6.45, 7) is 6.77. The summed E-state index contributed by atoms with van der Waals surface area (Å²) >= 11 is 0. The molecule has 18 nitrogen and oxygen atoms in total. The number of carbonyl (C=O) groups excluding carboxylic acids is 2. The third kappa shape index (κ3) is 18.6. The Morgan fingerprint density at radius 2 is 1.20 bits per heavy atom. The number of carbonyl (C=O) groups is 2. The van der Waals surface area contributed by atoms with Gasteiger partial charge in [-0.05, 0) is 39.5 Å². The maximum atomic E-state index is 12.7. The van der Waals surface area contributed by atoms with Gasteiger partial charge in [0.15, 0.2) is 12.1 Å². The Labute approximate surface area is 381 Å². The summed E-state index contributed by atoms with van der Waals surface area (Å²) < 4.78 is 23.3. The molecule has 0 aromatic heterocycles. The Morgan fingerprint density at radius 3 is 1.78 bits per heavy atom. The van der Waals surface area contributed by atoms with Gasteiger partial charge in [-0.2, -0.15) is 0 Å². The van der Waals surface area contributed by atoms with Gasteiger partial charge in [-0.15, -0.1) is 0 Å². The number of fused-ring (bicyclic) bond motifs is 2. The van der Waals surface area contributed by atoms with Gasteiger partial charge in [0.25, 0.3) is 0 Å². The van der Waals surface area contributed by atoms with Crippen LogP contribution in [0.4, 0.5) is 0 Å². The van der Waals surface area contributed by atoms with Crippen molar-refractivity contribution in [3.63, 3.8) is 0 Å². The lowest BCUT2D eigenvalue weighted by atomic mass is 9.82. The monoisotopic (exact) mass is 923 g/mol. The van der Waals surface area contributed by atoms with E-state index in [0.29, 0.717) is 0 Å². The van der Waals surface area contributed by atoms with Gasteiger partial charge in [-0.1, -0.05) is 98.9 Å². The van der Waals surface area contributed by atoms with Gasteiger partial charge >= 0.3 is 5.97 Å². The number of aliphatic hydroxyl groups is 10.